The van der Waals surface area contributed by atoms with Gasteiger partial charge in [0.05, 0.1) is 19.7 Å². The maximum atomic E-state index is 11.7. The molecule has 1 aliphatic rings. The highest BCUT2D eigenvalue weighted by Gasteiger charge is 2.33. The lowest BCUT2D eigenvalue weighted by Gasteiger charge is -2.24. The van der Waals surface area contributed by atoms with Gasteiger partial charge < -0.3 is 9.47 Å². The minimum absolute atomic E-state index is 0.154. The topological polar surface area (TPSA) is 55.8 Å². The van der Waals surface area contributed by atoms with Gasteiger partial charge in [-0.25, -0.2) is 0 Å². The van der Waals surface area contributed by atoms with E-state index in [9.17, 15) is 9.59 Å². The van der Waals surface area contributed by atoms with Crippen LogP contribution in [-0.2, 0) is 19.1 Å². The Morgan fingerprint density at radius 3 is 2.17 bits per heavy atom. The Kier molecular flexibility index (Phi) is 5.14. The largest absolute Gasteiger partial charge is 0.465 e. The number of carbonyl (C=O) groups excluding carboxylic acids is 2. The molecule has 1 aliphatic carbocycles. The molecule has 5 heteroatoms. The third-order valence-electron chi connectivity index (χ3n) is 2.45. The van der Waals surface area contributed by atoms with Crippen LogP contribution in [0.5, 0.6) is 0 Å². The number of hydrogen-bond donors (Lipinski definition) is 0. The van der Waals surface area contributed by atoms with Gasteiger partial charge in [0.2, 0.25) is 0 Å². The van der Waals surface area contributed by atoms with Crippen molar-refractivity contribution in [1.82, 2.24) is 4.90 Å². The van der Waals surface area contributed by atoms with E-state index < -0.39 is 5.60 Å². The molecule has 0 aromatic heterocycles. The third kappa shape index (κ3) is 6.00. The van der Waals surface area contributed by atoms with Crippen molar-refractivity contribution >= 4 is 11.9 Å². The molecular formula is C13H23NO4. The van der Waals surface area contributed by atoms with Gasteiger partial charge in [-0.15, -0.1) is 0 Å². The summed E-state index contributed by atoms with van der Waals surface area (Å²) < 4.78 is 10.2. The van der Waals surface area contributed by atoms with Crippen molar-refractivity contribution in [2.75, 3.05) is 19.7 Å². The molecule has 104 valence electrons. The number of hydrogen-bond acceptors (Lipinski definition) is 5. The molecule has 1 saturated carbocycles. The van der Waals surface area contributed by atoms with Gasteiger partial charge in [-0.2, -0.15) is 0 Å². The van der Waals surface area contributed by atoms with E-state index in [-0.39, 0.29) is 25.0 Å². The van der Waals surface area contributed by atoms with Crippen LogP contribution in [0.25, 0.3) is 0 Å². The molecule has 0 N–H and O–H groups in total. The van der Waals surface area contributed by atoms with Crippen LogP contribution in [-0.4, -0.2) is 48.2 Å². The summed E-state index contributed by atoms with van der Waals surface area (Å²) in [6.07, 6.45) is 2.06. The maximum absolute atomic E-state index is 11.7. The summed E-state index contributed by atoms with van der Waals surface area (Å²) in [6.45, 7) is 7.95. The van der Waals surface area contributed by atoms with Crippen LogP contribution in [0.2, 0.25) is 0 Å². The number of rotatable bonds is 6. The quantitative estimate of drug-likeness (QED) is 0.672. The predicted octanol–water partition coefficient (Wildman–Crippen LogP) is 1.36. The normalized spacial score (nSPS) is 15.6. The zero-order chi connectivity index (χ0) is 13.8. The van der Waals surface area contributed by atoms with Gasteiger partial charge in [0, 0.05) is 6.04 Å². The Bertz CT molecular complexity index is 305. The SMILES string of the molecule is CCOC(=O)CN(CC(=O)OC(C)(C)C)C1CC1. The summed E-state index contributed by atoms with van der Waals surface area (Å²) in [5.41, 5.74) is -0.490. The molecule has 0 spiro atoms. The average Bonchev–Trinajstić information content (AvgIpc) is 2.96. The summed E-state index contributed by atoms with van der Waals surface area (Å²) in [5, 5.41) is 0. The molecule has 0 heterocycles. The van der Waals surface area contributed by atoms with E-state index in [1.165, 1.54) is 0 Å². The Balaban J connectivity index is 2.43. The zero-order valence-corrected chi connectivity index (χ0v) is 11.7. The standard InChI is InChI=1S/C13H23NO4/c1-5-17-11(15)8-14(10-6-7-10)9-12(16)18-13(2,3)4/h10H,5-9H2,1-4H3. The second-order valence-corrected chi connectivity index (χ2v) is 5.53. The van der Waals surface area contributed by atoms with Crippen molar-refractivity contribution in [3.8, 4) is 0 Å². The first-order valence-corrected chi connectivity index (χ1v) is 6.43. The first kappa shape index (κ1) is 15.0. The Morgan fingerprint density at radius 1 is 1.17 bits per heavy atom. The number of esters is 2. The van der Waals surface area contributed by atoms with Crippen LogP contribution in [0.3, 0.4) is 0 Å². The van der Waals surface area contributed by atoms with Crippen molar-refractivity contribution in [1.29, 1.82) is 0 Å². The first-order valence-electron chi connectivity index (χ1n) is 6.43. The number of ether oxygens (including phenoxy) is 2. The highest BCUT2D eigenvalue weighted by atomic mass is 16.6. The van der Waals surface area contributed by atoms with Gasteiger partial charge >= 0.3 is 11.9 Å². The molecular weight excluding hydrogens is 234 g/mol. The van der Waals surface area contributed by atoms with Gasteiger partial charge in [0.15, 0.2) is 0 Å². The summed E-state index contributed by atoms with van der Waals surface area (Å²) in [5.74, 6) is -0.577. The zero-order valence-electron chi connectivity index (χ0n) is 11.7. The second kappa shape index (κ2) is 6.18. The Labute approximate surface area is 108 Å². The van der Waals surface area contributed by atoms with E-state index in [4.69, 9.17) is 9.47 Å². The fourth-order valence-electron chi connectivity index (χ4n) is 1.67. The van der Waals surface area contributed by atoms with Crippen LogP contribution < -0.4 is 0 Å². The van der Waals surface area contributed by atoms with E-state index in [1.807, 2.05) is 25.7 Å². The smallest absolute Gasteiger partial charge is 0.320 e. The summed E-state index contributed by atoms with van der Waals surface area (Å²) in [7, 11) is 0. The molecule has 5 nitrogen and oxygen atoms in total. The van der Waals surface area contributed by atoms with Crippen molar-refractivity contribution in [3.63, 3.8) is 0 Å². The van der Waals surface area contributed by atoms with E-state index >= 15 is 0 Å². The minimum Gasteiger partial charge on any atom is -0.465 e. The van der Waals surface area contributed by atoms with Crippen LogP contribution in [0, 0.1) is 0 Å². The lowest BCUT2D eigenvalue weighted by Crippen LogP contribution is -2.39. The number of carbonyl (C=O) groups is 2. The molecule has 0 aliphatic heterocycles. The van der Waals surface area contributed by atoms with Gasteiger partial charge in [-0.3, -0.25) is 14.5 Å². The molecule has 1 fully saturated rings. The molecule has 0 aromatic rings. The predicted molar refractivity (Wildman–Crippen MR) is 67.1 cm³/mol. The lowest BCUT2D eigenvalue weighted by molar-refractivity contribution is -0.157. The maximum Gasteiger partial charge on any atom is 0.320 e. The van der Waals surface area contributed by atoms with E-state index in [0.29, 0.717) is 12.6 Å². The molecule has 1 rings (SSSR count). The highest BCUT2D eigenvalue weighted by molar-refractivity contribution is 5.75. The highest BCUT2D eigenvalue weighted by Crippen LogP contribution is 2.26. The molecule has 0 unspecified atom stereocenters. The van der Waals surface area contributed by atoms with Crippen LogP contribution in [0.15, 0.2) is 0 Å². The van der Waals surface area contributed by atoms with Crippen LogP contribution in [0.1, 0.15) is 40.5 Å². The van der Waals surface area contributed by atoms with Crippen LogP contribution >= 0.6 is 0 Å². The van der Waals surface area contributed by atoms with Gasteiger partial charge in [0.25, 0.3) is 0 Å². The third-order valence-corrected chi connectivity index (χ3v) is 2.45. The van der Waals surface area contributed by atoms with Crippen molar-refractivity contribution in [3.05, 3.63) is 0 Å². The van der Waals surface area contributed by atoms with Gasteiger partial charge in [-0.05, 0) is 40.5 Å². The second-order valence-electron chi connectivity index (χ2n) is 5.53. The molecule has 18 heavy (non-hydrogen) atoms. The molecule has 0 saturated heterocycles. The molecule has 0 aromatic carbocycles. The van der Waals surface area contributed by atoms with E-state index in [2.05, 4.69) is 0 Å². The molecule has 0 atom stereocenters. The van der Waals surface area contributed by atoms with Gasteiger partial charge in [0.1, 0.15) is 5.60 Å². The van der Waals surface area contributed by atoms with Crippen LogP contribution in [0.4, 0.5) is 0 Å². The van der Waals surface area contributed by atoms with E-state index in [1.54, 1.807) is 6.92 Å². The summed E-state index contributed by atoms with van der Waals surface area (Å²) in [6, 6.07) is 0.321. The number of nitrogens with zero attached hydrogens (tertiary/aromatic N) is 1. The fourth-order valence-corrected chi connectivity index (χ4v) is 1.67. The first-order chi connectivity index (χ1) is 8.31. The summed E-state index contributed by atoms with van der Waals surface area (Å²) >= 11 is 0. The fraction of sp³-hybridized carbons (Fsp3) is 0.846. The monoisotopic (exact) mass is 257 g/mol. The lowest BCUT2D eigenvalue weighted by atomic mass is 10.2. The Morgan fingerprint density at radius 2 is 1.72 bits per heavy atom. The minimum atomic E-state index is -0.490. The molecule has 0 bridgehead atoms. The van der Waals surface area contributed by atoms with Gasteiger partial charge in [-0.1, -0.05) is 0 Å². The molecule has 0 radical (unpaired) electrons. The average molecular weight is 257 g/mol. The molecule has 0 amide bonds. The van der Waals surface area contributed by atoms with Crippen molar-refractivity contribution in [2.24, 2.45) is 0 Å². The summed E-state index contributed by atoms with van der Waals surface area (Å²) in [4.78, 5) is 25.0. The van der Waals surface area contributed by atoms with E-state index in [0.717, 1.165) is 12.8 Å². The van der Waals surface area contributed by atoms with Crippen molar-refractivity contribution < 1.29 is 19.1 Å². The Hall–Kier alpha value is -1.10. The van der Waals surface area contributed by atoms with Crippen molar-refractivity contribution in [2.45, 2.75) is 52.2 Å².